The SMILES string of the molecule is COCCONCc1ccc(O)c(Cl)c1. The maximum atomic E-state index is 9.19. The van der Waals surface area contributed by atoms with Gasteiger partial charge in [0.05, 0.1) is 18.2 Å². The summed E-state index contributed by atoms with van der Waals surface area (Å²) in [4.78, 5) is 5.07. The Morgan fingerprint density at radius 1 is 1.40 bits per heavy atom. The second-order valence-corrected chi connectivity index (χ2v) is 3.36. The first kappa shape index (κ1) is 12.3. The van der Waals surface area contributed by atoms with Crippen molar-refractivity contribution < 1.29 is 14.7 Å². The third-order valence-corrected chi connectivity index (χ3v) is 2.08. The number of benzene rings is 1. The van der Waals surface area contributed by atoms with Gasteiger partial charge in [0.1, 0.15) is 5.75 Å². The second-order valence-electron chi connectivity index (χ2n) is 2.95. The van der Waals surface area contributed by atoms with E-state index in [4.69, 9.17) is 21.2 Å². The molecule has 15 heavy (non-hydrogen) atoms. The highest BCUT2D eigenvalue weighted by atomic mass is 35.5. The monoisotopic (exact) mass is 231 g/mol. The van der Waals surface area contributed by atoms with Crippen molar-refractivity contribution in [2.24, 2.45) is 0 Å². The molecule has 0 atom stereocenters. The minimum atomic E-state index is 0.0840. The van der Waals surface area contributed by atoms with Gasteiger partial charge in [-0.05, 0) is 17.7 Å². The van der Waals surface area contributed by atoms with Crippen molar-refractivity contribution in [1.29, 1.82) is 0 Å². The molecule has 1 aromatic carbocycles. The van der Waals surface area contributed by atoms with Crippen LogP contribution in [0.25, 0.3) is 0 Å². The Morgan fingerprint density at radius 3 is 2.87 bits per heavy atom. The number of ether oxygens (including phenoxy) is 1. The highest BCUT2D eigenvalue weighted by Gasteiger charge is 1.99. The summed E-state index contributed by atoms with van der Waals surface area (Å²) in [5.74, 6) is 0.0840. The van der Waals surface area contributed by atoms with Gasteiger partial charge in [-0.2, -0.15) is 5.48 Å². The number of halogens is 1. The molecule has 0 radical (unpaired) electrons. The van der Waals surface area contributed by atoms with Gasteiger partial charge in [0.2, 0.25) is 0 Å². The Morgan fingerprint density at radius 2 is 2.20 bits per heavy atom. The van der Waals surface area contributed by atoms with Crippen molar-refractivity contribution in [3.8, 4) is 5.75 Å². The lowest BCUT2D eigenvalue weighted by Gasteiger charge is -2.06. The van der Waals surface area contributed by atoms with Crippen LogP contribution in [-0.2, 0) is 16.1 Å². The molecule has 4 nitrogen and oxygen atoms in total. The first-order valence-corrected chi connectivity index (χ1v) is 4.93. The van der Waals surface area contributed by atoms with Crippen molar-refractivity contribution >= 4 is 11.6 Å². The van der Waals surface area contributed by atoms with Crippen LogP contribution in [0.4, 0.5) is 0 Å². The molecule has 1 aromatic rings. The molecule has 0 aliphatic carbocycles. The standard InChI is InChI=1S/C10H14ClNO3/c1-14-4-5-15-12-7-8-2-3-10(13)9(11)6-8/h2-3,6,12-13H,4-5,7H2,1H3. The molecule has 0 bridgehead atoms. The van der Waals surface area contributed by atoms with E-state index in [0.29, 0.717) is 24.8 Å². The summed E-state index contributed by atoms with van der Waals surface area (Å²) in [6, 6.07) is 5.01. The number of aromatic hydroxyl groups is 1. The molecule has 0 spiro atoms. The molecule has 0 fully saturated rings. The van der Waals surface area contributed by atoms with Crippen LogP contribution in [0.15, 0.2) is 18.2 Å². The predicted octanol–water partition coefficient (Wildman–Crippen LogP) is 1.71. The molecular weight excluding hydrogens is 218 g/mol. The third-order valence-electron chi connectivity index (χ3n) is 1.78. The van der Waals surface area contributed by atoms with Crippen LogP contribution >= 0.6 is 11.6 Å². The van der Waals surface area contributed by atoms with Gasteiger partial charge in [0.25, 0.3) is 0 Å². The number of hydroxylamine groups is 1. The number of phenols is 1. The highest BCUT2D eigenvalue weighted by molar-refractivity contribution is 6.32. The van der Waals surface area contributed by atoms with Crippen molar-refractivity contribution in [2.75, 3.05) is 20.3 Å². The van der Waals surface area contributed by atoms with Crippen LogP contribution in [0.5, 0.6) is 5.75 Å². The minimum absolute atomic E-state index is 0.0840. The zero-order valence-electron chi connectivity index (χ0n) is 8.50. The summed E-state index contributed by atoms with van der Waals surface area (Å²) < 4.78 is 4.81. The predicted molar refractivity (Wildman–Crippen MR) is 57.8 cm³/mol. The van der Waals surface area contributed by atoms with E-state index >= 15 is 0 Å². The van der Waals surface area contributed by atoms with Crippen LogP contribution in [0.1, 0.15) is 5.56 Å². The fourth-order valence-electron chi connectivity index (χ4n) is 0.992. The number of phenolic OH excluding ortho intramolecular Hbond substituents is 1. The largest absolute Gasteiger partial charge is 0.506 e. The molecule has 0 heterocycles. The molecule has 0 aliphatic rings. The smallest absolute Gasteiger partial charge is 0.134 e. The van der Waals surface area contributed by atoms with Crippen LogP contribution in [0.3, 0.4) is 0 Å². The number of hydrogen-bond donors (Lipinski definition) is 2. The topological polar surface area (TPSA) is 50.7 Å². The summed E-state index contributed by atoms with van der Waals surface area (Å²) in [5.41, 5.74) is 3.70. The van der Waals surface area contributed by atoms with Gasteiger partial charge in [-0.25, -0.2) is 0 Å². The fraction of sp³-hybridized carbons (Fsp3) is 0.400. The molecule has 0 saturated heterocycles. The van der Waals surface area contributed by atoms with E-state index in [0.717, 1.165) is 5.56 Å². The van der Waals surface area contributed by atoms with Crippen LogP contribution in [0, 0.1) is 0 Å². The average Bonchev–Trinajstić information content (AvgIpc) is 2.23. The highest BCUT2D eigenvalue weighted by Crippen LogP contribution is 2.23. The first-order chi connectivity index (χ1) is 7.24. The second kappa shape index (κ2) is 6.63. The van der Waals surface area contributed by atoms with Crippen LogP contribution in [-0.4, -0.2) is 25.4 Å². The third kappa shape index (κ3) is 4.48. The molecule has 0 unspecified atom stereocenters. The van der Waals surface area contributed by atoms with Crippen LogP contribution in [0.2, 0.25) is 5.02 Å². The Hall–Kier alpha value is -0.810. The van der Waals surface area contributed by atoms with E-state index in [2.05, 4.69) is 5.48 Å². The van der Waals surface area contributed by atoms with Crippen molar-refractivity contribution in [1.82, 2.24) is 5.48 Å². The van der Waals surface area contributed by atoms with E-state index < -0.39 is 0 Å². The Bertz CT molecular complexity index is 307. The quantitative estimate of drug-likeness (QED) is 0.578. The lowest BCUT2D eigenvalue weighted by molar-refractivity contribution is 0.00346. The molecule has 0 aromatic heterocycles. The van der Waals surface area contributed by atoms with E-state index in [1.54, 1.807) is 25.3 Å². The zero-order chi connectivity index (χ0) is 11.1. The first-order valence-electron chi connectivity index (χ1n) is 4.55. The summed E-state index contributed by atoms with van der Waals surface area (Å²) in [7, 11) is 1.61. The molecule has 0 amide bonds. The fourth-order valence-corrected chi connectivity index (χ4v) is 1.20. The average molecular weight is 232 g/mol. The molecule has 84 valence electrons. The van der Waals surface area contributed by atoms with Gasteiger partial charge in [0, 0.05) is 13.7 Å². The molecule has 0 saturated carbocycles. The van der Waals surface area contributed by atoms with E-state index in [1.165, 1.54) is 0 Å². The molecular formula is C10H14ClNO3. The molecule has 1 rings (SSSR count). The Balaban J connectivity index is 2.28. The summed E-state index contributed by atoms with van der Waals surface area (Å²) in [6.45, 7) is 1.56. The Kier molecular flexibility index (Phi) is 5.42. The van der Waals surface area contributed by atoms with Gasteiger partial charge in [-0.1, -0.05) is 17.7 Å². The van der Waals surface area contributed by atoms with Gasteiger partial charge < -0.3 is 9.84 Å². The molecule has 0 aliphatic heterocycles. The van der Waals surface area contributed by atoms with Gasteiger partial charge >= 0.3 is 0 Å². The van der Waals surface area contributed by atoms with Gasteiger partial charge in [0.15, 0.2) is 0 Å². The van der Waals surface area contributed by atoms with Gasteiger partial charge in [-0.3, -0.25) is 4.84 Å². The number of rotatable bonds is 6. The minimum Gasteiger partial charge on any atom is -0.506 e. The van der Waals surface area contributed by atoms with E-state index in [1.807, 2.05) is 0 Å². The van der Waals surface area contributed by atoms with E-state index in [-0.39, 0.29) is 5.75 Å². The zero-order valence-corrected chi connectivity index (χ0v) is 9.25. The Labute approximate surface area is 93.7 Å². The number of hydrogen-bond acceptors (Lipinski definition) is 4. The maximum Gasteiger partial charge on any atom is 0.134 e. The van der Waals surface area contributed by atoms with Crippen LogP contribution < -0.4 is 5.48 Å². The lowest BCUT2D eigenvalue weighted by atomic mass is 10.2. The maximum absolute atomic E-state index is 9.19. The normalized spacial score (nSPS) is 10.5. The van der Waals surface area contributed by atoms with Gasteiger partial charge in [-0.15, -0.1) is 0 Å². The number of nitrogens with one attached hydrogen (secondary N) is 1. The van der Waals surface area contributed by atoms with Crippen molar-refractivity contribution in [2.45, 2.75) is 6.54 Å². The van der Waals surface area contributed by atoms with Crippen molar-refractivity contribution in [3.63, 3.8) is 0 Å². The summed E-state index contributed by atoms with van der Waals surface area (Å²) >= 11 is 5.74. The summed E-state index contributed by atoms with van der Waals surface area (Å²) in [6.07, 6.45) is 0. The molecule has 2 N–H and O–H groups in total. The number of methoxy groups -OCH3 is 1. The lowest BCUT2D eigenvalue weighted by Crippen LogP contribution is -2.17. The van der Waals surface area contributed by atoms with E-state index in [9.17, 15) is 5.11 Å². The summed E-state index contributed by atoms with van der Waals surface area (Å²) in [5, 5.41) is 9.52. The molecule has 5 heteroatoms. The van der Waals surface area contributed by atoms with Crippen molar-refractivity contribution in [3.05, 3.63) is 28.8 Å².